The van der Waals surface area contributed by atoms with Crippen LogP contribution in [0.3, 0.4) is 0 Å². The number of benzene rings is 2. The predicted octanol–water partition coefficient (Wildman–Crippen LogP) is 4.02. The maximum Gasteiger partial charge on any atom is 0.113 e. The Hall–Kier alpha value is -2.42. The third-order valence-electron chi connectivity index (χ3n) is 3.42. The summed E-state index contributed by atoms with van der Waals surface area (Å²) in [6.45, 7) is 4.20. The van der Waals surface area contributed by atoms with Crippen LogP contribution in [0.25, 0.3) is 22.8 Å². The Labute approximate surface area is 118 Å². The minimum Gasteiger partial charge on any atom is -0.213 e. The first-order valence-electron chi connectivity index (χ1n) is 6.90. The van der Waals surface area contributed by atoms with Crippen LogP contribution in [0.5, 0.6) is 0 Å². The van der Waals surface area contributed by atoms with E-state index in [-0.39, 0.29) is 0 Å². The average molecular weight is 263 g/mol. The Balaban J connectivity index is 2.18. The summed E-state index contributed by atoms with van der Waals surface area (Å²) in [5, 5.41) is 8.53. The van der Waals surface area contributed by atoms with Crippen LogP contribution in [0, 0.1) is 0 Å². The van der Waals surface area contributed by atoms with Gasteiger partial charge in [0, 0.05) is 0 Å². The largest absolute Gasteiger partial charge is 0.213 e. The highest BCUT2D eigenvalue weighted by molar-refractivity contribution is 5.76. The second-order valence-corrected chi connectivity index (χ2v) is 4.73. The lowest BCUT2D eigenvalue weighted by Crippen LogP contribution is -2.01. The number of allylic oxidation sites excluding steroid dienone is 1. The first kappa shape index (κ1) is 12.6. The van der Waals surface area contributed by atoms with Crippen LogP contribution in [0.2, 0.25) is 0 Å². The summed E-state index contributed by atoms with van der Waals surface area (Å²) in [5.74, 6) is 0. The van der Waals surface area contributed by atoms with Gasteiger partial charge in [-0.3, -0.25) is 0 Å². The fourth-order valence-corrected chi connectivity index (χ4v) is 2.44. The number of hydrogen-bond acceptors (Lipinski definition) is 2. The summed E-state index contributed by atoms with van der Waals surface area (Å²) in [6, 6.07) is 14.5. The van der Waals surface area contributed by atoms with Gasteiger partial charge >= 0.3 is 0 Å². The van der Waals surface area contributed by atoms with Gasteiger partial charge in [-0.25, -0.2) is 4.68 Å². The molecule has 0 aliphatic carbocycles. The molecule has 1 aromatic heterocycles. The number of rotatable bonds is 3. The van der Waals surface area contributed by atoms with Crippen LogP contribution in [-0.4, -0.2) is 15.0 Å². The molecule has 100 valence electrons. The van der Waals surface area contributed by atoms with E-state index in [1.807, 2.05) is 29.8 Å². The van der Waals surface area contributed by atoms with E-state index in [4.69, 9.17) is 0 Å². The lowest BCUT2D eigenvalue weighted by molar-refractivity contribution is 0.813. The molecule has 0 aliphatic heterocycles. The highest BCUT2D eigenvalue weighted by Crippen LogP contribution is 2.21. The highest BCUT2D eigenvalue weighted by atomic mass is 15.4. The zero-order chi connectivity index (χ0) is 13.9. The van der Waals surface area contributed by atoms with Gasteiger partial charge < -0.3 is 0 Å². The summed E-state index contributed by atoms with van der Waals surface area (Å²) >= 11 is 0. The monoisotopic (exact) mass is 263 g/mol. The molecule has 0 fully saturated rings. The van der Waals surface area contributed by atoms with Crippen LogP contribution >= 0.6 is 0 Å². The van der Waals surface area contributed by atoms with E-state index in [1.165, 1.54) is 11.1 Å². The van der Waals surface area contributed by atoms with Crippen LogP contribution < -0.4 is 0 Å². The maximum atomic E-state index is 4.30. The smallest absolute Gasteiger partial charge is 0.113 e. The van der Waals surface area contributed by atoms with Gasteiger partial charge in [0.2, 0.25) is 0 Å². The first-order valence-corrected chi connectivity index (χ1v) is 6.90. The first-order chi connectivity index (χ1) is 9.83. The van der Waals surface area contributed by atoms with Crippen molar-refractivity contribution in [3.05, 3.63) is 59.7 Å². The van der Waals surface area contributed by atoms with Crippen LogP contribution in [0.4, 0.5) is 0 Å². The predicted molar refractivity (Wildman–Crippen MR) is 83.0 cm³/mol. The van der Waals surface area contributed by atoms with Crippen LogP contribution in [0.15, 0.2) is 48.5 Å². The van der Waals surface area contributed by atoms with Crippen molar-refractivity contribution < 1.29 is 0 Å². The zero-order valence-corrected chi connectivity index (χ0v) is 11.7. The molecule has 0 bridgehead atoms. The van der Waals surface area contributed by atoms with Gasteiger partial charge in [0.25, 0.3) is 0 Å². The second-order valence-electron chi connectivity index (χ2n) is 4.73. The van der Waals surface area contributed by atoms with Gasteiger partial charge in [0.05, 0.1) is 11.2 Å². The van der Waals surface area contributed by atoms with Crippen molar-refractivity contribution in [2.45, 2.75) is 20.3 Å². The topological polar surface area (TPSA) is 30.7 Å². The average Bonchev–Trinajstić information content (AvgIpc) is 2.91. The molecule has 0 saturated carbocycles. The van der Waals surface area contributed by atoms with E-state index < -0.39 is 0 Å². The molecule has 0 unspecified atom stereocenters. The molecule has 3 aromatic rings. The zero-order valence-electron chi connectivity index (χ0n) is 11.7. The molecule has 0 amide bonds. The molecule has 0 atom stereocenters. The van der Waals surface area contributed by atoms with Crippen LogP contribution in [-0.2, 0) is 6.42 Å². The summed E-state index contributed by atoms with van der Waals surface area (Å²) < 4.78 is 1.92. The highest BCUT2D eigenvalue weighted by Gasteiger charge is 2.09. The van der Waals surface area contributed by atoms with E-state index in [0.717, 1.165) is 23.1 Å². The Morgan fingerprint density at radius 3 is 2.80 bits per heavy atom. The van der Waals surface area contributed by atoms with Crippen molar-refractivity contribution in [2.24, 2.45) is 0 Å². The van der Waals surface area contributed by atoms with E-state index in [9.17, 15) is 0 Å². The number of fused-ring (bicyclic) bond motifs is 1. The lowest BCUT2D eigenvalue weighted by atomic mass is 10.1. The van der Waals surface area contributed by atoms with Crippen molar-refractivity contribution in [1.82, 2.24) is 15.0 Å². The SMILES string of the molecule is C/C=C/c1ccc(-n2nnc3ccccc32)c(CC)c1. The van der Waals surface area contributed by atoms with Crippen molar-refractivity contribution in [2.75, 3.05) is 0 Å². The maximum absolute atomic E-state index is 4.30. The fraction of sp³-hybridized carbons (Fsp3) is 0.176. The molecule has 3 nitrogen and oxygen atoms in total. The molecule has 0 radical (unpaired) electrons. The van der Waals surface area contributed by atoms with E-state index in [0.29, 0.717) is 0 Å². The van der Waals surface area contributed by atoms with Gasteiger partial charge in [-0.05, 0) is 48.7 Å². The second kappa shape index (κ2) is 5.29. The minimum absolute atomic E-state index is 0.923. The van der Waals surface area contributed by atoms with Gasteiger partial charge in [-0.1, -0.05) is 42.5 Å². The normalized spacial score (nSPS) is 11.5. The molecule has 20 heavy (non-hydrogen) atoms. The van der Waals surface area contributed by atoms with Gasteiger partial charge in [0.1, 0.15) is 5.52 Å². The lowest BCUT2D eigenvalue weighted by Gasteiger charge is -2.09. The quantitative estimate of drug-likeness (QED) is 0.714. The van der Waals surface area contributed by atoms with E-state index in [2.05, 4.69) is 53.7 Å². The minimum atomic E-state index is 0.923. The number of aromatic nitrogens is 3. The Morgan fingerprint density at radius 1 is 1.15 bits per heavy atom. The summed E-state index contributed by atoms with van der Waals surface area (Å²) in [7, 11) is 0. The van der Waals surface area contributed by atoms with Crippen LogP contribution in [0.1, 0.15) is 25.0 Å². The molecule has 2 aromatic carbocycles. The standard InChI is InChI=1S/C17H17N3/c1-3-7-13-10-11-16(14(4-2)12-13)20-17-9-6-5-8-15(17)18-19-20/h3,5-12H,4H2,1-2H3/b7-3+. The summed E-state index contributed by atoms with van der Waals surface area (Å²) in [5.41, 5.74) is 5.57. The van der Waals surface area contributed by atoms with E-state index >= 15 is 0 Å². The molecule has 0 aliphatic rings. The number of hydrogen-bond donors (Lipinski definition) is 0. The Bertz CT molecular complexity index is 769. The number of para-hydroxylation sites is 1. The molecule has 0 saturated heterocycles. The Kier molecular flexibility index (Phi) is 3.33. The van der Waals surface area contributed by atoms with Crippen molar-refractivity contribution in [1.29, 1.82) is 0 Å². The van der Waals surface area contributed by atoms with Crippen molar-refractivity contribution in [3.8, 4) is 5.69 Å². The molecule has 3 rings (SSSR count). The fourth-order valence-electron chi connectivity index (χ4n) is 2.44. The third kappa shape index (κ3) is 2.11. The van der Waals surface area contributed by atoms with E-state index in [1.54, 1.807) is 0 Å². The molecular weight excluding hydrogens is 246 g/mol. The molecule has 1 heterocycles. The molecular formula is C17H17N3. The van der Waals surface area contributed by atoms with Gasteiger partial charge in [0.15, 0.2) is 0 Å². The van der Waals surface area contributed by atoms with Crippen molar-refractivity contribution >= 4 is 17.1 Å². The Morgan fingerprint density at radius 2 is 2.00 bits per heavy atom. The molecule has 3 heteroatoms. The van der Waals surface area contributed by atoms with Gasteiger partial charge in [-0.2, -0.15) is 0 Å². The summed E-state index contributed by atoms with van der Waals surface area (Å²) in [6.07, 6.45) is 5.14. The third-order valence-corrected chi connectivity index (χ3v) is 3.42. The van der Waals surface area contributed by atoms with Crippen molar-refractivity contribution in [3.63, 3.8) is 0 Å². The number of aryl methyl sites for hydroxylation is 1. The number of nitrogens with zero attached hydrogens (tertiary/aromatic N) is 3. The molecule has 0 spiro atoms. The summed E-state index contributed by atoms with van der Waals surface area (Å²) in [4.78, 5) is 0. The molecule has 0 N–H and O–H groups in total. The van der Waals surface area contributed by atoms with Gasteiger partial charge in [-0.15, -0.1) is 5.10 Å².